The molecule has 0 amide bonds. The molecule has 1 fully saturated rings. The van der Waals surface area contributed by atoms with E-state index in [4.69, 9.17) is 58.0 Å². The van der Waals surface area contributed by atoms with Gasteiger partial charge in [0, 0.05) is 0 Å². The summed E-state index contributed by atoms with van der Waals surface area (Å²) in [6.07, 6.45) is 0.620. The second kappa shape index (κ2) is 4.11. The van der Waals surface area contributed by atoms with E-state index in [1.54, 1.807) is 0 Å². The van der Waals surface area contributed by atoms with E-state index in [2.05, 4.69) is 0 Å². The van der Waals surface area contributed by atoms with Crippen molar-refractivity contribution in [1.82, 2.24) is 0 Å². The fourth-order valence-corrected chi connectivity index (χ4v) is 2.93. The van der Waals surface area contributed by atoms with E-state index in [1.165, 1.54) is 0 Å². The van der Waals surface area contributed by atoms with E-state index in [9.17, 15) is 0 Å². The summed E-state index contributed by atoms with van der Waals surface area (Å²) in [6, 6.07) is 0. The van der Waals surface area contributed by atoms with Gasteiger partial charge in [0.1, 0.15) is 0 Å². The van der Waals surface area contributed by atoms with E-state index < -0.39 is 0 Å². The van der Waals surface area contributed by atoms with Crippen molar-refractivity contribution in [3.8, 4) is 0 Å². The lowest BCUT2D eigenvalue weighted by molar-refractivity contribution is 0.537. The number of hydrogen-bond acceptors (Lipinski definition) is 0. The second-order valence-electron chi connectivity index (χ2n) is 2.60. The molecule has 0 aromatic heterocycles. The van der Waals surface area contributed by atoms with Crippen molar-refractivity contribution < 1.29 is 0 Å². The Morgan fingerprint density at radius 1 is 0.636 bits per heavy atom. The molecule has 11 heavy (non-hydrogen) atoms. The topological polar surface area (TPSA) is 0 Å². The maximum atomic E-state index is 5.87. The smallest absolute Gasteiger partial charge is 0.0692 e. The summed E-state index contributed by atoms with van der Waals surface area (Å²) in [5, 5.41) is -1.24. The molecule has 0 aliphatic heterocycles. The molecule has 1 aliphatic carbocycles. The van der Waals surface area contributed by atoms with Gasteiger partial charge in [-0.25, -0.2) is 0 Å². The summed E-state index contributed by atoms with van der Waals surface area (Å²) in [5.74, 6) is 0. The van der Waals surface area contributed by atoms with Crippen molar-refractivity contribution in [2.45, 2.75) is 33.3 Å². The van der Waals surface area contributed by atoms with E-state index in [1.807, 2.05) is 0 Å². The van der Waals surface area contributed by atoms with Gasteiger partial charge in [0.2, 0.25) is 0 Å². The van der Waals surface area contributed by atoms with Crippen molar-refractivity contribution in [2.24, 2.45) is 0 Å². The Hall–Kier alpha value is 1.45. The molecule has 5 heteroatoms. The summed E-state index contributed by atoms with van der Waals surface area (Å²) in [6.45, 7) is 0. The van der Waals surface area contributed by atoms with Crippen molar-refractivity contribution in [3.05, 3.63) is 0 Å². The zero-order valence-electron chi connectivity index (χ0n) is 5.48. The summed E-state index contributed by atoms with van der Waals surface area (Å²) in [7, 11) is 0. The molecule has 0 aromatic rings. The van der Waals surface area contributed by atoms with Gasteiger partial charge >= 0.3 is 0 Å². The van der Waals surface area contributed by atoms with Crippen LogP contribution in [0.2, 0.25) is 0 Å². The zero-order valence-corrected chi connectivity index (χ0v) is 9.26. The predicted molar refractivity (Wildman–Crippen MR) is 52.8 cm³/mol. The minimum atomic E-state index is -0.336. The van der Waals surface area contributed by atoms with E-state index >= 15 is 0 Å². The molecule has 0 heterocycles. The molecular weight excluding hydrogens is 249 g/mol. The Morgan fingerprint density at radius 3 is 1.36 bits per heavy atom. The van der Waals surface area contributed by atoms with Crippen LogP contribution in [-0.4, -0.2) is 26.9 Å². The van der Waals surface area contributed by atoms with E-state index in [0.29, 0.717) is 6.42 Å². The normalized spacial score (nSPS) is 52.6. The van der Waals surface area contributed by atoms with Crippen LogP contribution in [0.15, 0.2) is 0 Å². The monoisotopic (exact) mass is 254 g/mol. The molecule has 0 unspecified atom stereocenters. The van der Waals surface area contributed by atoms with Gasteiger partial charge in [-0.3, -0.25) is 0 Å². The molecular formula is C6H7Cl5. The molecule has 0 saturated heterocycles. The third kappa shape index (κ3) is 2.22. The van der Waals surface area contributed by atoms with Crippen LogP contribution in [0.25, 0.3) is 0 Å². The Bertz CT molecular complexity index is 125. The average molecular weight is 256 g/mol. The van der Waals surface area contributed by atoms with Gasteiger partial charge in [0.15, 0.2) is 0 Å². The lowest BCUT2D eigenvalue weighted by Gasteiger charge is -2.34. The van der Waals surface area contributed by atoms with Crippen LogP contribution in [0.4, 0.5) is 0 Å². The van der Waals surface area contributed by atoms with Crippen LogP contribution in [0.3, 0.4) is 0 Å². The quantitative estimate of drug-likeness (QED) is 0.583. The molecule has 4 atom stereocenters. The van der Waals surface area contributed by atoms with Gasteiger partial charge in [-0.05, 0) is 6.42 Å². The van der Waals surface area contributed by atoms with Gasteiger partial charge in [-0.15, -0.1) is 58.0 Å². The summed E-state index contributed by atoms with van der Waals surface area (Å²) in [4.78, 5) is 0. The fourth-order valence-electron chi connectivity index (χ4n) is 1.05. The third-order valence-corrected chi connectivity index (χ3v) is 4.86. The van der Waals surface area contributed by atoms with E-state index in [0.717, 1.165) is 0 Å². The van der Waals surface area contributed by atoms with Crippen molar-refractivity contribution in [2.75, 3.05) is 0 Å². The lowest BCUT2D eigenvalue weighted by atomic mass is 9.98. The van der Waals surface area contributed by atoms with Crippen LogP contribution in [0, 0.1) is 0 Å². The number of rotatable bonds is 0. The fraction of sp³-hybridized carbons (Fsp3) is 1.00. The number of hydrogen-bond donors (Lipinski definition) is 0. The van der Waals surface area contributed by atoms with Gasteiger partial charge in [-0.1, -0.05) is 0 Å². The predicted octanol–water partition coefficient (Wildman–Crippen LogP) is 3.43. The first-order chi connectivity index (χ1) is 5.04. The molecule has 0 spiro atoms. The van der Waals surface area contributed by atoms with Crippen molar-refractivity contribution >= 4 is 58.0 Å². The molecule has 0 radical (unpaired) electrons. The summed E-state index contributed by atoms with van der Waals surface area (Å²) < 4.78 is 0. The number of alkyl halides is 5. The van der Waals surface area contributed by atoms with Crippen LogP contribution >= 0.6 is 58.0 Å². The Balaban J connectivity index is 2.63. The SMILES string of the molecule is ClC1[C@H](Cl)[C@@H](Cl)C[C@H](Cl)[C@H]1Cl. The van der Waals surface area contributed by atoms with Gasteiger partial charge in [0.25, 0.3) is 0 Å². The highest BCUT2D eigenvalue weighted by Crippen LogP contribution is 2.36. The van der Waals surface area contributed by atoms with Gasteiger partial charge in [0.05, 0.1) is 26.9 Å². The first kappa shape index (κ1) is 10.5. The summed E-state index contributed by atoms with van der Waals surface area (Å²) in [5.41, 5.74) is 0. The van der Waals surface area contributed by atoms with Crippen LogP contribution < -0.4 is 0 Å². The standard InChI is InChI=1S/C6H7Cl5/c7-2-1-3(8)5(10)6(11)4(2)9/h2-6H,1H2/t2-,3-,4+,5+/m0/s1. The van der Waals surface area contributed by atoms with Gasteiger partial charge in [-0.2, -0.15) is 0 Å². The molecule has 0 aromatic carbocycles. The highest BCUT2D eigenvalue weighted by molar-refractivity contribution is 6.41. The summed E-state index contributed by atoms with van der Waals surface area (Å²) >= 11 is 29.3. The highest BCUT2D eigenvalue weighted by Gasteiger charge is 2.40. The Kier molecular flexibility index (Phi) is 3.93. The lowest BCUT2D eigenvalue weighted by Crippen LogP contribution is -2.44. The minimum absolute atomic E-state index is 0.170. The maximum absolute atomic E-state index is 5.87. The third-order valence-electron chi connectivity index (χ3n) is 1.75. The minimum Gasteiger partial charge on any atom is -0.121 e. The molecule has 1 aliphatic rings. The van der Waals surface area contributed by atoms with Crippen LogP contribution in [0.5, 0.6) is 0 Å². The average Bonchev–Trinajstić information content (AvgIpc) is 1.97. The first-order valence-corrected chi connectivity index (χ1v) is 5.42. The molecule has 0 nitrogen and oxygen atoms in total. The largest absolute Gasteiger partial charge is 0.121 e. The molecule has 66 valence electrons. The molecule has 1 saturated carbocycles. The van der Waals surface area contributed by atoms with Crippen LogP contribution in [-0.2, 0) is 0 Å². The van der Waals surface area contributed by atoms with Crippen molar-refractivity contribution in [1.29, 1.82) is 0 Å². The van der Waals surface area contributed by atoms with Crippen LogP contribution in [0.1, 0.15) is 6.42 Å². The molecule has 0 N–H and O–H groups in total. The highest BCUT2D eigenvalue weighted by atomic mass is 35.5. The van der Waals surface area contributed by atoms with Crippen molar-refractivity contribution in [3.63, 3.8) is 0 Å². The van der Waals surface area contributed by atoms with Gasteiger partial charge < -0.3 is 0 Å². The maximum Gasteiger partial charge on any atom is 0.0692 e. The Labute approximate surface area is 91.1 Å². The second-order valence-corrected chi connectivity index (χ2v) is 5.23. The zero-order chi connectivity index (χ0) is 8.59. The molecule has 0 bridgehead atoms. The molecule has 1 rings (SSSR count). The first-order valence-electron chi connectivity index (χ1n) is 3.24. The number of halogens is 5. The van der Waals surface area contributed by atoms with E-state index in [-0.39, 0.29) is 26.9 Å². The Morgan fingerprint density at radius 2 is 1.00 bits per heavy atom.